The van der Waals surface area contributed by atoms with Crippen LogP contribution >= 0.6 is 0 Å². The first kappa shape index (κ1) is 19.8. The molecule has 5 rings (SSSR count). The molecule has 0 aliphatic heterocycles. The summed E-state index contributed by atoms with van der Waals surface area (Å²) in [6.07, 6.45) is -1.18. The molecule has 1 amide bonds. The van der Waals surface area contributed by atoms with Crippen LogP contribution in [0.2, 0.25) is 0 Å². The Morgan fingerprint density at radius 2 is 1.94 bits per heavy atom. The molecule has 0 aliphatic carbocycles. The zero-order valence-electron chi connectivity index (χ0n) is 16.7. The van der Waals surface area contributed by atoms with E-state index >= 15 is 0 Å². The molecule has 0 fully saturated rings. The van der Waals surface area contributed by atoms with Crippen LogP contribution in [-0.2, 0) is 6.18 Å². The van der Waals surface area contributed by atoms with Gasteiger partial charge in [0.05, 0.1) is 22.8 Å². The Bertz CT molecular complexity index is 1480. The Hall–Kier alpha value is -4.14. The zero-order valence-corrected chi connectivity index (χ0v) is 16.7. The van der Waals surface area contributed by atoms with Crippen molar-refractivity contribution in [3.8, 4) is 11.4 Å². The second-order valence-electron chi connectivity index (χ2n) is 7.37. The fraction of sp³-hybridized carbons (Fsp3) is 0.0870. The summed E-state index contributed by atoms with van der Waals surface area (Å²) in [5.41, 5.74) is 3.02. The van der Waals surface area contributed by atoms with Crippen LogP contribution < -0.4 is 5.32 Å². The van der Waals surface area contributed by atoms with Gasteiger partial charge in [-0.15, -0.1) is 0 Å². The molecule has 32 heavy (non-hydrogen) atoms. The lowest BCUT2D eigenvalue weighted by atomic mass is 10.1. The number of aryl methyl sites for hydroxylation is 1. The second-order valence-corrected chi connectivity index (χ2v) is 7.37. The lowest BCUT2D eigenvalue weighted by Crippen LogP contribution is -2.15. The second kappa shape index (κ2) is 7.23. The number of aromatic nitrogens is 4. The molecule has 160 valence electrons. The third-order valence-electron chi connectivity index (χ3n) is 5.22. The van der Waals surface area contributed by atoms with Crippen LogP contribution in [0.15, 0.2) is 67.0 Å². The summed E-state index contributed by atoms with van der Waals surface area (Å²) in [6.45, 7) is 1.85. The van der Waals surface area contributed by atoms with Crippen LogP contribution in [0.25, 0.3) is 28.1 Å². The van der Waals surface area contributed by atoms with Crippen molar-refractivity contribution < 1.29 is 18.0 Å². The smallest absolute Gasteiger partial charge is 0.338 e. The van der Waals surface area contributed by atoms with Gasteiger partial charge >= 0.3 is 6.18 Å². The van der Waals surface area contributed by atoms with Gasteiger partial charge in [0.2, 0.25) is 0 Å². The number of carbonyl (C=O) groups excluding carboxylic acids is 1. The summed E-state index contributed by atoms with van der Waals surface area (Å²) in [4.78, 5) is 24.4. The number of aromatic amines is 1. The predicted octanol–water partition coefficient (Wildman–Crippen LogP) is 5.46. The molecule has 0 radical (unpaired) electrons. The number of fused-ring (bicyclic) bond motifs is 2. The number of carbonyl (C=O) groups is 1. The quantitative estimate of drug-likeness (QED) is 0.395. The van der Waals surface area contributed by atoms with Gasteiger partial charge in [0.1, 0.15) is 17.2 Å². The molecular formula is C23H16F3N5O. The number of hydrogen-bond acceptors (Lipinski definition) is 3. The van der Waals surface area contributed by atoms with Crippen LogP contribution in [-0.4, -0.2) is 25.3 Å². The molecule has 2 N–H and O–H groups in total. The zero-order chi connectivity index (χ0) is 22.5. The largest absolute Gasteiger partial charge is 0.416 e. The standard InChI is InChI=1S/C23H16F3N5O/c1-13-5-6-14(21-28-16-8-7-15(23(24,25)26)11-18(16)29-21)10-17(13)30-22(32)19-12-27-20-4-2-3-9-31(19)20/h2-12H,1H3,(H,28,29)(H,30,32). The molecule has 3 heterocycles. The van der Waals surface area contributed by atoms with E-state index in [1.165, 1.54) is 12.3 Å². The summed E-state index contributed by atoms with van der Waals surface area (Å²) < 4.78 is 40.7. The van der Waals surface area contributed by atoms with E-state index < -0.39 is 11.7 Å². The first-order valence-corrected chi connectivity index (χ1v) is 9.71. The van der Waals surface area contributed by atoms with Gasteiger partial charge < -0.3 is 10.3 Å². The van der Waals surface area contributed by atoms with Crippen LogP contribution in [0.1, 0.15) is 21.6 Å². The lowest BCUT2D eigenvalue weighted by Gasteiger charge is -2.10. The minimum atomic E-state index is -4.43. The van der Waals surface area contributed by atoms with Crippen molar-refractivity contribution in [1.82, 2.24) is 19.4 Å². The number of nitrogens with one attached hydrogen (secondary N) is 2. The number of rotatable bonds is 3. The minimum absolute atomic E-state index is 0.284. The van der Waals surface area contributed by atoms with Crippen molar-refractivity contribution in [2.24, 2.45) is 0 Å². The van der Waals surface area contributed by atoms with Crippen molar-refractivity contribution in [1.29, 1.82) is 0 Å². The van der Waals surface area contributed by atoms with Crippen LogP contribution in [0.3, 0.4) is 0 Å². The molecule has 0 unspecified atom stereocenters. The summed E-state index contributed by atoms with van der Waals surface area (Å²) >= 11 is 0. The van der Waals surface area contributed by atoms with Crippen molar-refractivity contribution >= 4 is 28.3 Å². The number of imidazole rings is 2. The first-order chi connectivity index (χ1) is 15.3. The molecular weight excluding hydrogens is 419 g/mol. The van der Waals surface area contributed by atoms with Crippen LogP contribution in [0.4, 0.5) is 18.9 Å². The SMILES string of the molecule is Cc1ccc(-c2nc3ccc(C(F)(F)F)cc3[nH]2)cc1NC(=O)c1cnc2ccccn12. The average molecular weight is 435 g/mol. The molecule has 0 spiro atoms. The van der Waals surface area contributed by atoms with Crippen LogP contribution in [0.5, 0.6) is 0 Å². The van der Waals surface area contributed by atoms with Gasteiger partial charge in [-0.25, -0.2) is 9.97 Å². The van der Waals surface area contributed by atoms with Gasteiger partial charge in [0.25, 0.3) is 5.91 Å². The van der Waals surface area contributed by atoms with Gasteiger partial charge in [-0.3, -0.25) is 9.20 Å². The monoisotopic (exact) mass is 435 g/mol. The molecule has 9 heteroatoms. The number of nitrogens with zero attached hydrogens (tertiary/aromatic N) is 3. The van der Waals surface area contributed by atoms with E-state index in [9.17, 15) is 18.0 Å². The summed E-state index contributed by atoms with van der Waals surface area (Å²) in [6, 6.07) is 14.2. The van der Waals surface area contributed by atoms with E-state index in [-0.39, 0.29) is 11.4 Å². The van der Waals surface area contributed by atoms with E-state index in [1.54, 1.807) is 28.8 Å². The highest BCUT2D eigenvalue weighted by Crippen LogP contribution is 2.32. The maximum Gasteiger partial charge on any atom is 0.416 e. The molecule has 6 nitrogen and oxygen atoms in total. The highest BCUT2D eigenvalue weighted by atomic mass is 19.4. The molecule has 0 atom stereocenters. The highest BCUT2D eigenvalue weighted by Gasteiger charge is 2.30. The lowest BCUT2D eigenvalue weighted by molar-refractivity contribution is -0.137. The van der Waals surface area contributed by atoms with E-state index in [0.717, 1.165) is 17.7 Å². The maximum absolute atomic E-state index is 13.0. The number of benzene rings is 2. The van der Waals surface area contributed by atoms with E-state index in [2.05, 4.69) is 20.3 Å². The minimum Gasteiger partial charge on any atom is -0.338 e. The number of hydrogen-bond donors (Lipinski definition) is 2. The Balaban J connectivity index is 1.48. The Morgan fingerprint density at radius 1 is 1.09 bits per heavy atom. The summed E-state index contributed by atoms with van der Waals surface area (Å²) in [5, 5.41) is 2.89. The fourth-order valence-corrected chi connectivity index (χ4v) is 3.51. The summed E-state index contributed by atoms with van der Waals surface area (Å²) in [5.74, 6) is 0.0769. The fourth-order valence-electron chi connectivity index (χ4n) is 3.51. The van der Waals surface area contributed by atoms with Gasteiger partial charge in [-0.2, -0.15) is 13.2 Å². The van der Waals surface area contributed by atoms with Crippen molar-refractivity contribution in [3.05, 3.63) is 83.8 Å². The normalized spacial score (nSPS) is 11.9. The van der Waals surface area contributed by atoms with Gasteiger partial charge in [0, 0.05) is 17.4 Å². The molecule has 2 aromatic carbocycles. The Kier molecular flexibility index (Phi) is 4.47. The number of halogens is 3. The number of amides is 1. The van der Waals surface area contributed by atoms with Crippen molar-refractivity contribution in [2.75, 3.05) is 5.32 Å². The third-order valence-corrected chi connectivity index (χ3v) is 5.22. The maximum atomic E-state index is 13.0. The van der Waals surface area contributed by atoms with Gasteiger partial charge in [0.15, 0.2) is 0 Å². The number of H-pyrrole nitrogens is 1. The van der Waals surface area contributed by atoms with E-state index in [1.807, 2.05) is 25.1 Å². The summed E-state index contributed by atoms with van der Waals surface area (Å²) in [7, 11) is 0. The number of anilines is 1. The van der Waals surface area contributed by atoms with Crippen molar-refractivity contribution in [3.63, 3.8) is 0 Å². The predicted molar refractivity (Wildman–Crippen MR) is 114 cm³/mol. The third kappa shape index (κ3) is 3.47. The first-order valence-electron chi connectivity index (χ1n) is 9.71. The molecule has 5 aromatic rings. The Labute approximate surface area is 179 Å². The number of alkyl halides is 3. The van der Waals surface area contributed by atoms with Gasteiger partial charge in [-0.05, 0) is 48.9 Å². The topological polar surface area (TPSA) is 75.1 Å². The van der Waals surface area contributed by atoms with E-state index in [0.29, 0.717) is 33.9 Å². The molecule has 0 saturated heterocycles. The molecule has 0 aliphatic rings. The highest BCUT2D eigenvalue weighted by molar-refractivity contribution is 6.04. The number of pyridine rings is 1. The molecule has 0 saturated carbocycles. The Morgan fingerprint density at radius 3 is 2.75 bits per heavy atom. The van der Waals surface area contributed by atoms with Gasteiger partial charge in [-0.1, -0.05) is 18.2 Å². The van der Waals surface area contributed by atoms with E-state index in [4.69, 9.17) is 0 Å². The van der Waals surface area contributed by atoms with Crippen molar-refractivity contribution in [2.45, 2.75) is 13.1 Å². The molecule has 3 aromatic heterocycles. The molecule has 0 bridgehead atoms. The average Bonchev–Trinajstić information content (AvgIpc) is 3.38. The van der Waals surface area contributed by atoms with Crippen LogP contribution in [0, 0.1) is 6.92 Å².